The molecule has 2 atom stereocenters. The van der Waals surface area contributed by atoms with Crippen LogP contribution in [0.4, 0.5) is 4.79 Å². The van der Waals surface area contributed by atoms with Crippen LogP contribution >= 0.6 is 0 Å². The van der Waals surface area contributed by atoms with E-state index in [0.29, 0.717) is 6.54 Å². The molecule has 2 heterocycles. The number of rotatable bonds is 5. The van der Waals surface area contributed by atoms with Crippen molar-refractivity contribution in [2.75, 3.05) is 19.6 Å². The molecule has 1 unspecified atom stereocenters. The SMILES string of the molecule is C[C@@H]1CCCN1CCc1ccc(-c2ccc(C3CNC(=O)O3)cc2)cc1. The normalized spacial score (nSPS) is 23.0. The van der Waals surface area contributed by atoms with Crippen LogP contribution in [-0.2, 0) is 11.2 Å². The number of benzene rings is 2. The summed E-state index contributed by atoms with van der Waals surface area (Å²) in [5.74, 6) is 0. The van der Waals surface area contributed by atoms with Gasteiger partial charge in [0, 0.05) is 12.6 Å². The predicted molar refractivity (Wildman–Crippen MR) is 103 cm³/mol. The quantitative estimate of drug-likeness (QED) is 0.880. The molecule has 0 saturated carbocycles. The molecule has 4 heteroatoms. The van der Waals surface area contributed by atoms with Crippen LogP contribution in [0.5, 0.6) is 0 Å². The van der Waals surface area contributed by atoms with Gasteiger partial charge in [0.1, 0.15) is 6.10 Å². The average Bonchev–Trinajstić information content (AvgIpc) is 3.29. The van der Waals surface area contributed by atoms with Crippen molar-refractivity contribution >= 4 is 6.09 Å². The maximum atomic E-state index is 11.2. The van der Waals surface area contributed by atoms with Gasteiger partial charge in [-0.15, -0.1) is 0 Å². The monoisotopic (exact) mass is 350 g/mol. The van der Waals surface area contributed by atoms with Crippen LogP contribution in [0, 0.1) is 0 Å². The Morgan fingerprint density at radius 3 is 2.35 bits per heavy atom. The summed E-state index contributed by atoms with van der Waals surface area (Å²) >= 11 is 0. The summed E-state index contributed by atoms with van der Waals surface area (Å²) < 4.78 is 5.23. The van der Waals surface area contributed by atoms with Crippen LogP contribution in [0.1, 0.15) is 37.0 Å². The van der Waals surface area contributed by atoms with Gasteiger partial charge in [-0.3, -0.25) is 0 Å². The van der Waals surface area contributed by atoms with Crippen LogP contribution in [-0.4, -0.2) is 36.7 Å². The van der Waals surface area contributed by atoms with E-state index in [2.05, 4.69) is 53.5 Å². The van der Waals surface area contributed by atoms with Crippen LogP contribution in [0.15, 0.2) is 48.5 Å². The molecule has 136 valence electrons. The summed E-state index contributed by atoms with van der Waals surface area (Å²) in [7, 11) is 0. The lowest BCUT2D eigenvalue weighted by Crippen LogP contribution is -2.28. The van der Waals surface area contributed by atoms with E-state index in [1.165, 1.54) is 36.1 Å². The molecule has 1 N–H and O–H groups in total. The standard InChI is InChI=1S/C22H26N2O2/c1-16-3-2-13-24(16)14-12-17-4-6-18(7-5-17)19-8-10-20(11-9-19)21-15-23-22(25)26-21/h4-11,16,21H,2-3,12-15H2,1H3,(H,23,25)/t16-,21?/m1/s1. The lowest BCUT2D eigenvalue weighted by atomic mass is 10.00. The molecule has 1 amide bonds. The fourth-order valence-electron chi connectivity index (χ4n) is 3.93. The average molecular weight is 350 g/mol. The minimum atomic E-state index is -0.335. The van der Waals surface area contributed by atoms with Crippen molar-refractivity contribution in [1.82, 2.24) is 10.2 Å². The fourth-order valence-corrected chi connectivity index (χ4v) is 3.93. The topological polar surface area (TPSA) is 41.6 Å². The van der Waals surface area contributed by atoms with Crippen molar-refractivity contribution in [2.24, 2.45) is 0 Å². The zero-order chi connectivity index (χ0) is 17.9. The number of hydrogen-bond acceptors (Lipinski definition) is 3. The van der Waals surface area contributed by atoms with E-state index in [1.54, 1.807) is 0 Å². The molecule has 4 nitrogen and oxygen atoms in total. The third kappa shape index (κ3) is 3.75. The number of carbonyl (C=O) groups is 1. The van der Waals surface area contributed by atoms with E-state index in [9.17, 15) is 4.79 Å². The summed E-state index contributed by atoms with van der Waals surface area (Å²) in [6.07, 6.45) is 3.28. The van der Waals surface area contributed by atoms with E-state index in [0.717, 1.165) is 24.6 Å². The molecular formula is C22H26N2O2. The van der Waals surface area contributed by atoms with Gasteiger partial charge in [-0.1, -0.05) is 48.5 Å². The molecular weight excluding hydrogens is 324 g/mol. The van der Waals surface area contributed by atoms with Crippen LogP contribution < -0.4 is 5.32 Å². The summed E-state index contributed by atoms with van der Waals surface area (Å²) in [4.78, 5) is 13.8. The van der Waals surface area contributed by atoms with Gasteiger partial charge in [0.05, 0.1) is 6.54 Å². The molecule has 2 aliphatic heterocycles. The minimum absolute atomic E-state index is 0.174. The van der Waals surface area contributed by atoms with E-state index in [1.807, 2.05) is 12.1 Å². The molecule has 0 radical (unpaired) electrons. The Morgan fingerprint density at radius 1 is 1.08 bits per heavy atom. The number of nitrogens with one attached hydrogen (secondary N) is 1. The number of amides is 1. The lowest BCUT2D eigenvalue weighted by Gasteiger charge is -2.20. The van der Waals surface area contributed by atoms with Gasteiger partial charge in [-0.05, 0) is 55.0 Å². The highest BCUT2D eigenvalue weighted by Crippen LogP contribution is 2.26. The minimum Gasteiger partial charge on any atom is -0.439 e. The van der Waals surface area contributed by atoms with Crippen molar-refractivity contribution in [1.29, 1.82) is 0 Å². The van der Waals surface area contributed by atoms with Crippen LogP contribution in [0.25, 0.3) is 11.1 Å². The highest BCUT2D eigenvalue weighted by Gasteiger charge is 2.23. The second kappa shape index (κ2) is 7.50. The molecule has 0 spiro atoms. The summed E-state index contributed by atoms with van der Waals surface area (Å²) in [6, 6.07) is 17.9. The Bertz CT molecular complexity index is 755. The molecule has 26 heavy (non-hydrogen) atoms. The first-order valence-electron chi connectivity index (χ1n) is 9.57. The largest absolute Gasteiger partial charge is 0.439 e. The highest BCUT2D eigenvalue weighted by molar-refractivity contribution is 5.70. The van der Waals surface area contributed by atoms with Crippen LogP contribution in [0.2, 0.25) is 0 Å². The number of likely N-dealkylation sites (tertiary alicyclic amines) is 1. The smallest absolute Gasteiger partial charge is 0.407 e. The number of hydrogen-bond donors (Lipinski definition) is 1. The summed E-state index contributed by atoms with van der Waals surface area (Å²) in [5.41, 5.74) is 4.83. The number of alkyl carbamates (subject to hydrolysis) is 1. The molecule has 2 aromatic carbocycles. The number of carbonyl (C=O) groups excluding carboxylic acids is 1. The second-order valence-corrected chi connectivity index (χ2v) is 7.37. The van der Waals surface area contributed by atoms with E-state index < -0.39 is 0 Å². The maximum absolute atomic E-state index is 11.2. The zero-order valence-corrected chi connectivity index (χ0v) is 15.3. The Balaban J connectivity index is 1.38. The maximum Gasteiger partial charge on any atom is 0.407 e. The zero-order valence-electron chi connectivity index (χ0n) is 15.3. The van der Waals surface area contributed by atoms with Gasteiger partial charge >= 0.3 is 6.09 Å². The third-order valence-corrected chi connectivity index (χ3v) is 5.63. The van der Waals surface area contributed by atoms with Crippen molar-refractivity contribution in [3.05, 3.63) is 59.7 Å². The Hall–Kier alpha value is -2.33. The molecule has 2 aromatic rings. The van der Waals surface area contributed by atoms with E-state index >= 15 is 0 Å². The first kappa shape index (κ1) is 17.1. The third-order valence-electron chi connectivity index (χ3n) is 5.63. The fraction of sp³-hybridized carbons (Fsp3) is 0.409. The number of nitrogens with zero attached hydrogens (tertiary/aromatic N) is 1. The van der Waals surface area contributed by atoms with Crippen molar-refractivity contribution in [2.45, 2.75) is 38.3 Å². The number of ether oxygens (including phenoxy) is 1. The van der Waals surface area contributed by atoms with Gasteiger partial charge in [-0.2, -0.15) is 0 Å². The Morgan fingerprint density at radius 2 is 1.77 bits per heavy atom. The van der Waals surface area contributed by atoms with E-state index in [4.69, 9.17) is 4.74 Å². The van der Waals surface area contributed by atoms with Crippen molar-refractivity contribution < 1.29 is 9.53 Å². The molecule has 2 fully saturated rings. The van der Waals surface area contributed by atoms with Gasteiger partial charge in [0.2, 0.25) is 0 Å². The summed E-state index contributed by atoms with van der Waals surface area (Å²) in [6.45, 7) is 5.28. The molecule has 2 saturated heterocycles. The van der Waals surface area contributed by atoms with Gasteiger partial charge < -0.3 is 15.0 Å². The van der Waals surface area contributed by atoms with Gasteiger partial charge in [-0.25, -0.2) is 4.79 Å². The molecule has 4 rings (SSSR count). The molecule has 2 aliphatic rings. The first-order valence-corrected chi connectivity index (χ1v) is 9.57. The highest BCUT2D eigenvalue weighted by atomic mass is 16.6. The van der Waals surface area contributed by atoms with Gasteiger partial charge in [0.25, 0.3) is 0 Å². The molecule has 0 aliphatic carbocycles. The van der Waals surface area contributed by atoms with Crippen molar-refractivity contribution in [3.8, 4) is 11.1 Å². The predicted octanol–water partition coefficient (Wildman–Crippen LogP) is 4.16. The van der Waals surface area contributed by atoms with Crippen LogP contribution in [0.3, 0.4) is 0 Å². The second-order valence-electron chi connectivity index (χ2n) is 7.37. The summed E-state index contributed by atoms with van der Waals surface area (Å²) in [5, 5.41) is 2.69. The lowest BCUT2D eigenvalue weighted by molar-refractivity contribution is 0.141. The molecule has 0 bridgehead atoms. The Kier molecular flexibility index (Phi) is 4.93. The first-order chi connectivity index (χ1) is 12.7. The molecule has 0 aromatic heterocycles. The number of cyclic esters (lactones) is 1. The Labute approximate surface area is 155 Å². The van der Waals surface area contributed by atoms with Gasteiger partial charge in [0.15, 0.2) is 0 Å². The van der Waals surface area contributed by atoms with E-state index in [-0.39, 0.29) is 12.2 Å². The van der Waals surface area contributed by atoms with Crippen molar-refractivity contribution in [3.63, 3.8) is 0 Å².